The zero-order valence-electron chi connectivity index (χ0n) is 13.4. The van der Waals surface area contributed by atoms with E-state index in [0.29, 0.717) is 17.9 Å². The molecule has 22 heavy (non-hydrogen) atoms. The second-order valence-corrected chi connectivity index (χ2v) is 5.68. The summed E-state index contributed by atoms with van der Waals surface area (Å²) >= 11 is 0. The molecule has 0 fully saturated rings. The smallest absolute Gasteiger partial charge is 0.251 e. The van der Waals surface area contributed by atoms with Gasteiger partial charge in [-0.3, -0.25) is 4.79 Å². The Labute approximate surface area is 130 Å². The van der Waals surface area contributed by atoms with Gasteiger partial charge in [0.25, 0.3) is 5.91 Å². The molecule has 0 aliphatic rings. The zero-order chi connectivity index (χ0) is 16.1. The highest BCUT2D eigenvalue weighted by molar-refractivity contribution is 5.95. The molecule has 7 heteroatoms. The summed E-state index contributed by atoms with van der Waals surface area (Å²) in [6.45, 7) is 5.44. The summed E-state index contributed by atoms with van der Waals surface area (Å²) in [5.74, 6) is 0.574. The number of benzene rings is 1. The van der Waals surface area contributed by atoms with Crippen molar-refractivity contribution in [2.45, 2.75) is 19.9 Å². The van der Waals surface area contributed by atoms with Crippen molar-refractivity contribution >= 4 is 5.91 Å². The lowest BCUT2D eigenvalue weighted by Gasteiger charge is -2.11. The van der Waals surface area contributed by atoms with Gasteiger partial charge in [0.1, 0.15) is 0 Å². The van der Waals surface area contributed by atoms with Gasteiger partial charge in [-0.1, -0.05) is 12.1 Å². The maximum atomic E-state index is 12.2. The first kappa shape index (κ1) is 16.1. The number of hydrogen-bond acceptors (Lipinski definition) is 5. The van der Waals surface area contributed by atoms with Gasteiger partial charge < -0.3 is 10.2 Å². The molecule has 0 atom stereocenters. The van der Waals surface area contributed by atoms with Gasteiger partial charge in [0.2, 0.25) is 0 Å². The van der Waals surface area contributed by atoms with E-state index in [0.717, 1.165) is 12.1 Å². The lowest BCUT2D eigenvalue weighted by atomic mass is 10.1. The molecule has 0 bridgehead atoms. The Balaban J connectivity index is 2.16. The van der Waals surface area contributed by atoms with Gasteiger partial charge in [0, 0.05) is 24.2 Å². The maximum Gasteiger partial charge on any atom is 0.251 e. The van der Waals surface area contributed by atoms with Gasteiger partial charge >= 0.3 is 0 Å². The highest BCUT2D eigenvalue weighted by atomic mass is 16.1. The fourth-order valence-corrected chi connectivity index (χ4v) is 2.03. The molecule has 0 aliphatic heterocycles. The quantitative estimate of drug-likeness (QED) is 0.868. The SMILES string of the molecule is CC(C)n1nnnc1-c1cccc(C(=O)NCCN(C)C)c1. The molecular formula is C15H22N6O. The van der Waals surface area contributed by atoms with E-state index in [1.54, 1.807) is 10.7 Å². The lowest BCUT2D eigenvalue weighted by Crippen LogP contribution is -2.31. The van der Waals surface area contributed by atoms with Gasteiger partial charge in [0.05, 0.1) is 6.04 Å². The van der Waals surface area contributed by atoms with Crippen molar-refractivity contribution < 1.29 is 4.79 Å². The van der Waals surface area contributed by atoms with Crippen LogP contribution in [0.25, 0.3) is 11.4 Å². The summed E-state index contributed by atoms with van der Waals surface area (Å²) in [5.41, 5.74) is 1.44. The van der Waals surface area contributed by atoms with Gasteiger partial charge in [-0.25, -0.2) is 4.68 Å². The summed E-state index contributed by atoms with van der Waals surface area (Å²) in [6.07, 6.45) is 0. The standard InChI is InChI=1S/C15H22N6O/c1-11(2)21-14(17-18-19-21)12-6-5-7-13(10-12)15(22)16-8-9-20(3)4/h5-7,10-11H,8-9H2,1-4H3,(H,16,22). The van der Waals surface area contributed by atoms with Gasteiger partial charge in [0.15, 0.2) is 5.82 Å². The average Bonchev–Trinajstić information content (AvgIpc) is 2.96. The van der Waals surface area contributed by atoms with Crippen molar-refractivity contribution in [1.82, 2.24) is 30.4 Å². The van der Waals surface area contributed by atoms with Crippen molar-refractivity contribution in [2.24, 2.45) is 0 Å². The number of rotatable bonds is 6. The topological polar surface area (TPSA) is 75.9 Å². The molecule has 0 saturated carbocycles. The number of nitrogens with one attached hydrogen (secondary N) is 1. The van der Waals surface area contributed by atoms with Gasteiger partial charge in [-0.15, -0.1) is 5.10 Å². The number of tetrazole rings is 1. The van der Waals surface area contributed by atoms with Crippen molar-refractivity contribution in [2.75, 3.05) is 27.2 Å². The first-order valence-corrected chi connectivity index (χ1v) is 7.30. The van der Waals surface area contributed by atoms with Crippen LogP contribution in [-0.4, -0.2) is 58.2 Å². The van der Waals surface area contributed by atoms with Crippen LogP contribution in [0.5, 0.6) is 0 Å². The molecule has 1 aromatic heterocycles. The fourth-order valence-electron chi connectivity index (χ4n) is 2.03. The summed E-state index contributed by atoms with van der Waals surface area (Å²) in [5, 5.41) is 14.7. The highest BCUT2D eigenvalue weighted by Crippen LogP contribution is 2.19. The molecule has 0 radical (unpaired) electrons. The summed E-state index contributed by atoms with van der Waals surface area (Å²) in [4.78, 5) is 14.2. The van der Waals surface area contributed by atoms with Crippen LogP contribution in [0.1, 0.15) is 30.2 Å². The Morgan fingerprint density at radius 3 is 2.82 bits per heavy atom. The monoisotopic (exact) mass is 302 g/mol. The number of hydrogen-bond donors (Lipinski definition) is 1. The average molecular weight is 302 g/mol. The Hall–Kier alpha value is -2.28. The van der Waals surface area contributed by atoms with Crippen LogP contribution in [0, 0.1) is 0 Å². The number of carbonyl (C=O) groups excluding carboxylic acids is 1. The largest absolute Gasteiger partial charge is 0.351 e. The second kappa shape index (κ2) is 7.13. The van der Waals surface area contributed by atoms with E-state index >= 15 is 0 Å². The molecule has 0 spiro atoms. The van der Waals surface area contributed by atoms with Crippen molar-refractivity contribution in [3.63, 3.8) is 0 Å². The van der Waals surface area contributed by atoms with Gasteiger partial charge in [-0.05, 0) is 50.5 Å². The summed E-state index contributed by atoms with van der Waals surface area (Å²) in [7, 11) is 3.94. The Bertz CT molecular complexity index is 634. The number of aromatic nitrogens is 4. The maximum absolute atomic E-state index is 12.2. The Morgan fingerprint density at radius 1 is 1.36 bits per heavy atom. The van der Waals surface area contributed by atoms with Crippen LogP contribution < -0.4 is 5.32 Å². The molecule has 0 saturated heterocycles. The van der Waals surface area contributed by atoms with Crippen LogP contribution in [0.4, 0.5) is 0 Å². The molecule has 1 aromatic carbocycles. The van der Waals surface area contributed by atoms with Crippen molar-refractivity contribution in [3.8, 4) is 11.4 Å². The summed E-state index contributed by atoms with van der Waals surface area (Å²) < 4.78 is 1.74. The van der Waals surface area contributed by atoms with Crippen molar-refractivity contribution in [1.29, 1.82) is 0 Å². The fraction of sp³-hybridized carbons (Fsp3) is 0.467. The Kier molecular flexibility index (Phi) is 5.21. The number of nitrogens with zero attached hydrogens (tertiary/aromatic N) is 5. The molecule has 118 valence electrons. The molecule has 1 heterocycles. The minimum absolute atomic E-state index is 0.0905. The van der Waals surface area contributed by atoms with Crippen LogP contribution in [0.15, 0.2) is 24.3 Å². The van der Waals surface area contributed by atoms with Crippen LogP contribution in [-0.2, 0) is 0 Å². The second-order valence-electron chi connectivity index (χ2n) is 5.68. The van der Waals surface area contributed by atoms with E-state index in [1.807, 2.05) is 51.0 Å². The lowest BCUT2D eigenvalue weighted by molar-refractivity contribution is 0.0951. The first-order chi connectivity index (χ1) is 10.5. The van der Waals surface area contributed by atoms with Gasteiger partial charge in [-0.2, -0.15) is 0 Å². The van der Waals surface area contributed by atoms with Crippen molar-refractivity contribution in [3.05, 3.63) is 29.8 Å². The normalized spacial score (nSPS) is 11.2. The van der Waals surface area contributed by atoms with Crippen LogP contribution >= 0.6 is 0 Å². The Morgan fingerprint density at radius 2 is 2.14 bits per heavy atom. The van der Waals surface area contributed by atoms with E-state index in [9.17, 15) is 4.79 Å². The number of carbonyl (C=O) groups is 1. The molecule has 0 unspecified atom stereocenters. The highest BCUT2D eigenvalue weighted by Gasteiger charge is 2.13. The predicted octanol–water partition coefficient (Wildman–Crippen LogP) is 1.21. The molecule has 1 N–H and O–H groups in total. The van der Waals surface area contributed by atoms with Crippen LogP contribution in [0.3, 0.4) is 0 Å². The zero-order valence-corrected chi connectivity index (χ0v) is 13.4. The molecule has 2 aromatic rings. The third-order valence-corrected chi connectivity index (χ3v) is 3.21. The molecule has 0 aliphatic carbocycles. The summed E-state index contributed by atoms with van der Waals surface area (Å²) in [6, 6.07) is 7.51. The van der Waals surface area contributed by atoms with E-state index in [-0.39, 0.29) is 11.9 Å². The molecule has 2 rings (SSSR count). The molecular weight excluding hydrogens is 280 g/mol. The van der Waals surface area contributed by atoms with E-state index in [4.69, 9.17) is 0 Å². The molecule has 1 amide bonds. The third-order valence-electron chi connectivity index (χ3n) is 3.21. The number of amides is 1. The molecule has 7 nitrogen and oxygen atoms in total. The van der Waals surface area contributed by atoms with E-state index in [1.165, 1.54) is 0 Å². The minimum Gasteiger partial charge on any atom is -0.351 e. The van der Waals surface area contributed by atoms with E-state index in [2.05, 4.69) is 20.8 Å². The number of likely N-dealkylation sites (N-methyl/N-ethyl adjacent to an activating group) is 1. The minimum atomic E-state index is -0.0905. The first-order valence-electron chi connectivity index (χ1n) is 7.30. The van der Waals surface area contributed by atoms with E-state index < -0.39 is 0 Å². The van der Waals surface area contributed by atoms with Crippen LogP contribution in [0.2, 0.25) is 0 Å². The predicted molar refractivity (Wildman–Crippen MR) is 84.5 cm³/mol. The third kappa shape index (κ3) is 3.88.